The smallest absolute Gasteiger partial charge is 0.255 e. The Hall–Kier alpha value is -2.01. The number of amides is 1. The molecule has 32 heavy (non-hydrogen) atoms. The lowest BCUT2D eigenvalue weighted by atomic mass is 10.2. The fourth-order valence-corrected chi connectivity index (χ4v) is 6.43. The first-order valence-electron chi connectivity index (χ1n) is 10.4. The van der Waals surface area contributed by atoms with Crippen molar-refractivity contribution in [3.8, 4) is 0 Å². The molecule has 2 heterocycles. The number of carbonyl (C=O) groups is 1. The van der Waals surface area contributed by atoms with Gasteiger partial charge in [-0.15, -0.1) is 11.8 Å². The van der Waals surface area contributed by atoms with Crippen molar-refractivity contribution in [2.24, 2.45) is 0 Å². The van der Waals surface area contributed by atoms with Gasteiger partial charge in [0.1, 0.15) is 16.5 Å². The minimum absolute atomic E-state index is 0.0378. The van der Waals surface area contributed by atoms with Crippen LogP contribution in [0.5, 0.6) is 0 Å². The van der Waals surface area contributed by atoms with Crippen molar-refractivity contribution in [1.82, 2.24) is 9.21 Å². The number of sulfonamides is 1. The van der Waals surface area contributed by atoms with E-state index in [1.54, 1.807) is 28.8 Å². The maximum Gasteiger partial charge on any atom is 0.255 e. The Labute approximate surface area is 190 Å². The van der Waals surface area contributed by atoms with Crippen molar-refractivity contribution in [2.45, 2.75) is 28.7 Å². The lowest BCUT2D eigenvalue weighted by Gasteiger charge is -2.34. The van der Waals surface area contributed by atoms with Crippen LogP contribution in [-0.4, -0.2) is 68.2 Å². The molecule has 4 rings (SSSR count). The second-order valence-electron chi connectivity index (χ2n) is 7.71. The molecule has 0 spiro atoms. The molecule has 0 radical (unpaired) electrons. The van der Waals surface area contributed by atoms with E-state index in [1.165, 1.54) is 0 Å². The molecule has 0 saturated carbocycles. The number of benzene rings is 2. The Bertz CT molecular complexity index is 1080. The highest BCUT2D eigenvalue weighted by Crippen LogP contribution is 2.28. The molecule has 2 aromatic rings. The van der Waals surface area contributed by atoms with Crippen molar-refractivity contribution in [2.75, 3.05) is 38.5 Å². The molecule has 2 fully saturated rings. The summed E-state index contributed by atoms with van der Waals surface area (Å²) in [7, 11) is -4.11. The summed E-state index contributed by atoms with van der Waals surface area (Å²) in [6.07, 6.45) is 2.28. The molecule has 172 valence electrons. The molecule has 2 saturated heterocycles. The number of carbonyl (C=O) groups excluding carboxylic acids is 1. The average molecular weight is 483 g/mol. The van der Waals surface area contributed by atoms with E-state index in [-0.39, 0.29) is 38.2 Å². The summed E-state index contributed by atoms with van der Waals surface area (Å²) in [5.74, 6) is -1.35. The zero-order valence-corrected chi connectivity index (χ0v) is 19.0. The lowest BCUT2D eigenvalue weighted by molar-refractivity contribution is 0.0694. The first-order valence-corrected chi connectivity index (χ1v) is 12.9. The molecular weight excluding hydrogens is 458 g/mol. The molecule has 1 unspecified atom stereocenters. The van der Waals surface area contributed by atoms with Gasteiger partial charge in [-0.2, -0.15) is 4.31 Å². The van der Waals surface area contributed by atoms with E-state index < -0.39 is 26.6 Å². The first-order chi connectivity index (χ1) is 15.4. The Morgan fingerprint density at radius 3 is 2.53 bits per heavy atom. The third-order valence-corrected chi connectivity index (χ3v) is 8.74. The first kappa shape index (κ1) is 23.2. The van der Waals surface area contributed by atoms with Gasteiger partial charge in [0.2, 0.25) is 10.0 Å². The van der Waals surface area contributed by atoms with E-state index in [0.29, 0.717) is 11.6 Å². The summed E-state index contributed by atoms with van der Waals surface area (Å²) in [4.78, 5) is 15.1. The molecule has 1 atom stereocenters. The molecule has 6 nitrogen and oxygen atoms in total. The van der Waals surface area contributed by atoms with E-state index in [9.17, 15) is 22.0 Å². The predicted molar refractivity (Wildman–Crippen MR) is 117 cm³/mol. The zero-order chi connectivity index (χ0) is 22.7. The highest BCUT2D eigenvalue weighted by Gasteiger charge is 2.32. The third kappa shape index (κ3) is 4.98. The minimum atomic E-state index is -4.11. The topological polar surface area (TPSA) is 66.9 Å². The van der Waals surface area contributed by atoms with Crippen LogP contribution in [0, 0.1) is 11.6 Å². The number of nitrogens with zero attached hydrogens (tertiary/aromatic N) is 2. The van der Waals surface area contributed by atoms with E-state index in [0.717, 1.165) is 46.5 Å². The summed E-state index contributed by atoms with van der Waals surface area (Å²) in [6.45, 7) is 1.23. The third-order valence-electron chi connectivity index (χ3n) is 5.60. The Morgan fingerprint density at radius 2 is 1.84 bits per heavy atom. The largest absolute Gasteiger partial charge is 0.377 e. The fraction of sp³-hybridized carbons (Fsp3) is 0.409. The predicted octanol–water partition coefficient (Wildman–Crippen LogP) is 3.38. The van der Waals surface area contributed by atoms with Crippen LogP contribution in [0.25, 0.3) is 0 Å². The molecule has 0 bridgehead atoms. The zero-order valence-electron chi connectivity index (χ0n) is 17.4. The van der Waals surface area contributed by atoms with E-state index in [2.05, 4.69) is 0 Å². The van der Waals surface area contributed by atoms with Crippen LogP contribution in [0.4, 0.5) is 8.78 Å². The summed E-state index contributed by atoms with van der Waals surface area (Å²) < 4.78 is 59.5. The maximum atomic E-state index is 14.0. The van der Waals surface area contributed by atoms with Crippen molar-refractivity contribution < 1.29 is 26.7 Å². The highest BCUT2D eigenvalue weighted by atomic mass is 32.2. The number of rotatable bonds is 6. The normalized spacial score (nSPS) is 19.9. The van der Waals surface area contributed by atoms with Gasteiger partial charge in [-0.3, -0.25) is 4.79 Å². The molecule has 2 aliphatic heterocycles. The fourth-order valence-electron chi connectivity index (χ4n) is 3.85. The number of thioether (sulfide) groups is 1. The van der Waals surface area contributed by atoms with Crippen LogP contribution in [0.3, 0.4) is 0 Å². The molecular formula is C22H24F2N2O4S2. The quantitative estimate of drug-likeness (QED) is 0.591. The van der Waals surface area contributed by atoms with Gasteiger partial charge in [-0.1, -0.05) is 12.1 Å². The van der Waals surface area contributed by atoms with Crippen molar-refractivity contribution in [3.05, 3.63) is 59.7 Å². The maximum absolute atomic E-state index is 14.0. The number of halogens is 2. The highest BCUT2D eigenvalue weighted by molar-refractivity contribution is 7.99. The van der Waals surface area contributed by atoms with E-state index >= 15 is 0 Å². The number of piperazine rings is 1. The summed E-state index contributed by atoms with van der Waals surface area (Å²) >= 11 is 1.59. The van der Waals surface area contributed by atoms with Gasteiger partial charge >= 0.3 is 0 Å². The van der Waals surface area contributed by atoms with Crippen molar-refractivity contribution in [3.63, 3.8) is 0 Å². The monoisotopic (exact) mass is 482 g/mol. The Kier molecular flexibility index (Phi) is 7.14. The van der Waals surface area contributed by atoms with Crippen LogP contribution in [0.1, 0.15) is 23.2 Å². The Morgan fingerprint density at radius 1 is 1.09 bits per heavy atom. The van der Waals surface area contributed by atoms with Crippen LogP contribution >= 0.6 is 11.8 Å². The van der Waals surface area contributed by atoms with Gasteiger partial charge in [0.25, 0.3) is 5.91 Å². The van der Waals surface area contributed by atoms with Gasteiger partial charge in [0, 0.05) is 49.5 Å². The van der Waals surface area contributed by atoms with Crippen LogP contribution in [0.2, 0.25) is 0 Å². The molecule has 1 amide bonds. The van der Waals surface area contributed by atoms with E-state index in [1.807, 2.05) is 12.1 Å². The SMILES string of the molecule is O=C(c1ccccc1SCC1CCCO1)N1CCN(S(=O)(=O)c2ccc(F)cc2F)CC1. The van der Waals surface area contributed by atoms with Crippen LogP contribution in [-0.2, 0) is 14.8 Å². The van der Waals surface area contributed by atoms with Crippen molar-refractivity contribution in [1.29, 1.82) is 0 Å². The number of ether oxygens (including phenoxy) is 1. The standard InChI is InChI=1S/C22H24F2N2O4S2/c23-16-7-8-21(19(24)14-16)32(28,29)26-11-9-25(10-12-26)22(27)18-5-1-2-6-20(18)31-15-17-4-3-13-30-17/h1-2,5-8,14,17H,3-4,9-13,15H2. The molecule has 2 aromatic carbocycles. The summed E-state index contributed by atoms with van der Waals surface area (Å²) in [6, 6.07) is 9.78. The molecule has 0 N–H and O–H groups in total. The summed E-state index contributed by atoms with van der Waals surface area (Å²) in [5, 5.41) is 0. The number of hydrogen-bond acceptors (Lipinski definition) is 5. The van der Waals surface area contributed by atoms with Crippen LogP contribution < -0.4 is 0 Å². The number of hydrogen-bond donors (Lipinski definition) is 0. The molecule has 10 heteroatoms. The second-order valence-corrected chi connectivity index (χ2v) is 10.7. The van der Waals surface area contributed by atoms with Gasteiger partial charge in [0.05, 0.1) is 11.7 Å². The molecule has 0 aliphatic carbocycles. The molecule has 0 aromatic heterocycles. The van der Waals surface area contributed by atoms with Gasteiger partial charge < -0.3 is 9.64 Å². The van der Waals surface area contributed by atoms with Gasteiger partial charge in [-0.25, -0.2) is 17.2 Å². The Balaban J connectivity index is 1.41. The minimum Gasteiger partial charge on any atom is -0.377 e. The molecule has 2 aliphatic rings. The van der Waals surface area contributed by atoms with Crippen LogP contribution in [0.15, 0.2) is 52.3 Å². The van der Waals surface area contributed by atoms with Gasteiger partial charge in [0.15, 0.2) is 0 Å². The average Bonchev–Trinajstić information content (AvgIpc) is 3.31. The van der Waals surface area contributed by atoms with Gasteiger partial charge in [-0.05, 0) is 37.1 Å². The summed E-state index contributed by atoms with van der Waals surface area (Å²) in [5.41, 5.74) is 0.580. The second kappa shape index (κ2) is 9.86. The van der Waals surface area contributed by atoms with E-state index in [4.69, 9.17) is 4.74 Å². The lowest BCUT2D eigenvalue weighted by Crippen LogP contribution is -2.50. The van der Waals surface area contributed by atoms with Crippen molar-refractivity contribution >= 4 is 27.7 Å².